The smallest absolute Gasteiger partial charge is 0.306 e. The SMILES string of the molecule is CCCCC/C=C\C/C=C\CCCCCCCCCC(=O)OC(/C=C\CCCCCCCCCCCCC)C(COP(=O)([O-])OCC[N+](C)(C)C)NC(=O)CCCCCCCCCCCCC. The summed E-state index contributed by atoms with van der Waals surface area (Å²) in [5.41, 5.74) is 0. The quantitative estimate of drug-likeness (QED) is 0.0212. The first-order valence-corrected chi connectivity index (χ1v) is 29.8. The van der Waals surface area contributed by atoms with Crippen molar-refractivity contribution in [3.05, 3.63) is 36.5 Å². The van der Waals surface area contributed by atoms with Crippen LogP contribution in [-0.4, -0.2) is 69.4 Å². The second-order valence-corrected chi connectivity index (χ2v) is 21.9. The molecule has 0 aliphatic rings. The van der Waals surface area contributed by atoms with Gasteiger partial charge in [0.15, 0.2) is 0 Å². The second kappa shape index (κ2) is 47.9. The summed E-state index contributed by atoms with van der Waals surface area (Å²) in [6, 6.07) is -0.885. The molecule has 0 rings (SSSR count). The zero-order valence-corrected chi connectivity index (χ0v) is 45.8. The fourth-order valence-electron chi connectivity index (χ4n) is 8.14. The number of unbranched alkanes of at least 4 members (excludes halogenated alkanes) is 31. The van der Waals surface area contributed by atoms with E-state index in [4.69, 9.17) is 13.8 Å². The highest BCUT2D eigenvalue weighted by atomic mass is 31.2. The van der Waals surface area contributed by atoms with E-state index in [1.165, 1.54) is 154 Å². The minimum atomic E-state index is -4.69. The number of quaternary nitrogens is 1. The highest BCUT2D eigenvalue weighted by Gasteiger charge is 2.27. The van der Waals surface area contributed by atoms with E-state index in [0.717, 1.165) is 77.0 Å². The first-order valence-electron chi connectivity index (χ1n) is 28.3. The Kier molecular flexibility index (Phi) is 46.6. The summed E-state index contributed by atoms with van der Waals surface area (Å²) >= 11 is 0. The lowest BCUT2D eigenvalue weighted by Crippen LogP contribution is -2.47. The van der Waals surface area contributed by atoms with Gasteiger partial charge >= 0.3 is 5.97 Å². The van der Waals surface area contributed by atoms with Crippen molar-refractivity contribution in [2.45, 2.75) is 277 Å². The fraction of sp³-hybridized carbons (Fsp3) is 0.860. The Labute approximate surface area is 415 Å². The fourth-order valence-corrected chi connectivity index (χ4v) is 8.86. The number of rotatable bonds is 51. The lowest BCUT2D eigenvalue weighted by molar-refractivity contribution is -0.870. The molecule has 0 aromatic heterocycles. The molecule has 0 aromatic rings. The number of ether oxygens (including phenoxy) is 1. The predicted octanol–water partition coefficient (Wildman–Crippen LogP) is 16.1. The van der Waals surface area contributed by atoms with E-state index in [1.807, 2.05) is 33.3 Å². The number of nitrogens with one attached hydrogen (secondary N) is 1. The van der Waals surface area contributed by atoms with Gasteiger partial charge in [0.2, 0.25) is 5.91 Å². The molecule has 3 unspecified atom stereocenters. The molecule has 0 bridgehead atoms. The molecule has 67 heavy (non-hydrogen) atoms. The standard InChI is InChI=1S/C57H109N2O7P/c1-7-10-13-16-19-22-25-27-28-29-30-32-35-38-41-44-47-50-57(61)66-55(48-45-42-39-36-34-31-26-23-20-17-14-11-8-2)54(53-65-67(62,63)64-52-51-59(4,5)6)58-56(60)49-46-43-40-37-33-24-21-18-15-12-9-3/h19,22,27-28,45,48,54-55H,7-18,20-21,23-26,29-44,46-47,49-53H2,1-6H3,(H-,58,60,62,63)/b22-19-,28-27-,48-45-. The van der Waals surface area contributed by atoms with Crippen molar-refractivity contribution in [2.24, 2.45) is 0 Å². The number of nitrogens with zero attached hydrogens (tertiary/aromatic N) is 1. The van der Waals surface area contributed by atoms with Gasteiger partial charge in [-0.3, -0.25) is 14.2 Å². The van der Waals surface area contributed by atoms with Crippen LogP contribution in [0.4, 0.5) is 0 Å². The van der Waals surface area contributed by atoms with Crippen LogP contribution in [0.1, 0.15) is 265 Å². The van der Waals surface area contributed by atoms with E-state index >= 15 is 0 Å². The van der Waals surface area contributed by atoms with Gasteiger partial charge in [-0.1, -0.05) is 225 Å². The number of carbonyl (C=O) groups is 2. The Morgan fingerprint density at radius 3 is 1.37 bits per heavy atom. The maximum absolute atomic E-state index is 13.4. The molecule has 10 heteroatoms. The first-order chi connectivity index (χ1) is 32.4. The van der Waals surface area contributed by atoms with Crippen LogP contribution in [-0.2, 0) is 27.9 Å². The number of esters is 1. The Morgan fingerprint density at radius 2 is 0.910 bits per heavy atom. The summed E-state index contributed by atoms with van der Waals surface area (Å²) in [5, 5.41) is 3.02. The summed E-state index contributed by atoms with van der Waals surface area (Å²) in [6.45, 7) is 6.81. The van der Waals surface area contributed by atoms with Crippen molar-refractivity contribution in [2.75, 3.05) is 40.9 Å². The van der Waals surface area contributed by atoms with Gasteiger partial charge in [0.1, 0.15) is 19.3 Å². The van der Waals surface area contributed by atoms with Gasteiger partial charge in [-0.05, 0) is 63.9 Å². The van der Waals surface area contributed by atoms with Gasteiger partial charge < -0.3 is 28.5 Å². The van der Waals surface area contributed by atoms with Crippen molar-refractivity contribution in [1.82, 2.24) is 5.32 Å². The molecule has 0 aliphatic carbocycles. The van der Waals surface area contributed by atoms with Gasteiger partial charge in [-0.15, -0.1) is 0 Å². The minimum Gasteiger partial charge on any atom is -0.756 e. The lowest BCUT2D eigenvalue weighted by Gasteiger charge is -2.30. The van der Waals surface area contributed by atoms with Gasteiger partial charge in [0.05, 0.1) is 33.8 Å². The number of carbonyl (C=O) groups excluding carboxylic acids is 2. The number of hydrogen-bond acceptors (Lipinski definition) is 7. The number of hydrogen-bond donors (Lipinski definition) is 1. The van der Waals surface area contributed by atoms with Gasteiger partial charge in [0, 0.05) is 12.8 Å². The zero-order chi connectivity index (χ0) is 49.4. The van der Waals surface area contributed by atoms with E-state index in [9.17, 15) is 19.0 Å². The van der Waals surface area contributed by atoms with Crippen LogP contribution in [0.15, 0.2) is 36.5 Å². The van der Waals surface area contributed by atoms with Crippen molar-refractivity contribution < 1.29 is 37.3 Å². The highest BCUT2D eigenvalue weighted by molar-refractivity contribution is 7.45. The summed E-state index contributed by atoms with van der Waals surface area (Å²) in [6.07, 6.45) is 55.3. The molecule has 0 saturated heterocycles. The highest BCUT2D eigenvalue weighted by Crippen LogP contribution is 2.38. The van der Waals surface area contributed by atoms with Gasteiger partial charge in [0.25, 0.3) is 7.82 Å². The third-order valence-electron chi connectivity index (χ3n) is 12.6. The molecule has 3 atom stereocenters. The molecule has 0 aliphatic heterocycles. The van der Waals surface area contributed by atoms with E-state index in [0.29, 0.717) is 17.4 Å². The Hall–Kier alpha value is -1.77. The summed E-state index contributed by atoms with van der Waals surface area (Å²) in [4.78, 5) is 39.8. The van der Waals surface area contributed by atoms with Crippen LogP contribution in [0.3, 0.4) is 0 Å². The number of allylic oxidation sites excluding steroid dienone is 5. The van der Waals surface area contributed by atoms with Crippen LogP contribution >= 0.6 is 7.82 Å². The molecule has 0 spiro atoms. The molecule has 0 heterocycles. The zero-order valence-electron chi connectivity index (χ0n) is 44.9. The molecule has 0 fully saturated rings. The number of amides is 1. The van der Waals surface area contributed by atoms with Crippen LogP contribution in [0.2, 0.25) is 0 Å². The maximum Gasteiger partial charge on any atom is 0.306 e. The Bertz CT molecular complexity index is 1250. The number of likely N-dealkylation sites (N-methyl/N-ethyl adjacent to an activating group) is 1. The molecule has 0 saturated carbocycles. The average Bonchev–Trinajstić information content (AvgIpc) is 3.28. The average molecular weight is 965 g/mol. The third-order valence-corrected chi connectivity index (χ3v) is 13.5. The lowest BCUT2D eigenvalue weighted by atomic mass is 10.0. The van der Waals surface area contributed by atoms with E-state index in [2.05, 4.69) is 50.4 Å². The van der Waals surface area contributed by atoms with Crippen molar-refractivity contribution in [3.8, 4) is 0 Å². The Balaban J connectivity index is 5.35. The minimum absolute atomic E-state index is 0.0217. The van der Waals surface area contributed by atoms with Crippen LogP contribution in [0, 0.1) is 0 Å². The number of phosphoric acid groups is 1. The van der Waals surface area contributed by atoms with Gasteiger partial charge in [-0.25, -0.2) is 0 Å². The first kappa shape index (κ1) is 65.2. The molecule has 394 valence electrons. The molecule has 9 nitrogen and oxygen atoms in total. The Morgan fingerprint density at radius 1 is 0.522 bits per heavy atom. The number of phosphoric ester groups is 1. The summed E-state index contributed by atoms with van der Waals surface area (Å²) < 4.78 is 30.2. The summed E-state index contributed by atoms with van der Waals surface area (Å²) in [7, 11) is 1.19. The monoisotopic (exact) mass is 965 g/mol. The van der Waals surface area contributed by atoms with Crippen molar-refractivity contribution >= 4 is 19.7 Å². The normalized spacial score (nSPS) is 14.1. The van der Waals surface area contributed by atoms with Crippen molar-refractivity contribution in [1.29, 1.82) is 0 Å². The molecule has 0 radical (unpaired) electrons. The second-order valence-electron chi connectivity index (χ2n) is 20.4. The molecule has 1 N–H and O–H groups in total. The van der Waals surface area contributed by atoms with Crippen LogP contribution in [0.25, 0.3) is 0 Å². The van der Waals surface area contributed by atoms with E-state index in [-0.39, 0.29) is 31.5 Å². The maximum atomic E-state index is 13.4. The predicted molar refractivity (Wildman–Crippen MR) is 284 cm³/mol. The van der Waals surface area contributed by atoms with Crippen LogP contribution < -0.4 is 10.2 Å². The van der Waals surface area contributed by atoms with Crippen LogP contribution in [0.5, 0.6) is 0 Å². The summed E-state index contributed by atoms with van der Waals surface area (Å²) in [5.74, 6) is -0.543. The third kappa shape index (κ3) is 49.0. The molecular formula is C57H109N2O7P. The molecular weight excluding hydrogens is 856 g/mol. The van der Waals surface area contributed by atoms with Crippen molar-refractivity contribution in [3.63, 3.8) is 0 Å². The molecule has 1 amide bonds. The van der Waals surface area contributed by atoms with E-state index < -0.39 is 20.0 Å². The van der Waals surface area contributed by atoms with E-state index in [1.54, 1.807) is 0 Å². The topological polar surface area (TPSA) is 114 Å². The largest absolute Gasteiger partial charge is 0.756 e. The van der Waals surface area contributed by atoms with Gasteiger partial charge in [-0.2, -0.15) is 0 Å². The molecule has 0 aromatic carbocycles.